The van der Waals surface area contributed by atoms with Crippen LogP contribution in [-0.2, 0) is 6.54 Å². The molecule has 0 aromatic carbocycles. The van der Waals surface area contributed by atoms with Gasteiger partial charge in [-0.1, -0.05) is 13.8 Å². The molecular formula is C13H20N2O. The third-order valence-electron chi connectivity index (χ3n) is 3.45. The van der Waals surface area contributed by atoms with E-state index < -0.39 is 0 Å². The molecule has 3 heteroatoms. The summed E-state index contributed by atoms with van der Waals surface area (Å²) < 4.78 is 0. The van der Waals surface area contributed by atoms with Crippen LogP contribution in [0.2, 0.25) is 0 Å². The average molecular weight is 220 g/mol. The molecule has 1 N–H and O–H groups in total. The van der Waals surface area contributed by atoms with Gasteiger partial charge in [-0.25, -0.2) is 0 Å². The van der Waals surface area contributed by atoms with Crippen LogP contribution in [-0.4, -0.2) is 28.1 Å². The molecule has 2 rings (SSSR count). The Kier molecular flexibility index (Phi) is 3.44. The predicted molar refractivity (Wildman–Crippen MR) is 64.1 cm³/mol. The lowest BCUT2D eigenvalue weighted by atomic mass is 9.95. The Balaban J connectivity index is 1.89. The van der Waals surface area contributed by atoms with Crippen molar-refractivity contribution in [2.45, 2.75) is 26.8 Å². The SMILES string of the molecule is CC(C)C1CCN(Cc2ccc(O)cn2)C1. The van der Waals surface area contributed by atoms with Gasteiger partial charge < -0.3 is 5.11 Å². The minimum Gasteiger partial charge on any atom is -0.506 e. The van der Waals surface area contributed by atoms with Gasteiger partial charge in [0.1, 0.15) is 5.75 Å². The Bertz CT molecular complexity index is 334. The number of pyridine rings is 1. The topological polar surface area (TPSA) is 36.4 Å². The summed E-state index contributed by atoms with van der Waals surface area (Å²) in [7, 11) is 0. The van der Waals surface area contributed by atoms with E-state index in [4.69, 9.17) is 5.11 Å². The molecule has 1 aliphatic heterocycles. The summed E-state index contributed by atoms with van der Waals surface area (Å²) in [6, 6.07) is 3.61. The van der Waals surface area contributed by atoms with Gasteiger partial charge >= 0.3 is 0 Å². The fraction of sp³-hybridized carbons (Fsp3) is 0.615. The highest BCUT2D eigenvalue weighted by molar-refractivity contribution is 5.17. The molecule has 1 unspecified atom stereocenters. The highest BCUT2D eigenvalue weighted by Gasteiger charge is 2.24. The van der Waals surface area contributed by atoms with Gasteiger partial charge in [-0.15, -0.1) is 0 Å². The highest BCUT2D eigenvalue weighted by Crippen LogP contribution is 2.24. The molecule has 0 spiro atoms. The van der Waals surface area contributed by atoms with Gasteiger partial charge in [-0.05, 0) is 36.9 Å². The molecule has 1 aliphatic rings. The summed E-state index contributed by atoms with van der Waals surface area (Å²) in [5.74, 6) is 1.85. The van der Waals surface area contributed by atoms with Crippen molar-refractivity contribution >= 4 is 0 Å². The van der Waals surface area contributed by atoms with E-state index in [1.165, 1.54) is 25.7 Å². The van der Waals surface area contributed by atoms with Crippen LogP contribution in [0.25, 0.3) is 0 Å². The predicted octanol–water partition coefficient (Wildman–Crippen LogP) is 2.27. The van der Waals surface area contributed by atoms with Crippen LogP contribution in [0.4, 0.5) is 0 Å². The first-order valence-electron chi connectivity index (χ1n) is 6.01. The Morgan fingerprint density at radius 1 is 1.50 bits per heavy atom. The Morgan fingerprint density at radius 3 is 2.88 bits per heavy atom. The zero-order valence-corrected chi connectivity index (χ0v) is 10.1. The summed E-state index contributed by atoms with van der Waals surface area (Å²) >= 11 is 0. The van der Waals surface area contributed by atoms with Gasteiger partial charge in [-0.2, -0.15) is 0 Å². The maximum absolute atomic E-state index is 9.16. The first kappa shape index (κ1) is 11.4. The van der Waals surface area contributed by atoms with Gasteiger partial charge in [0.15, 0.2) is 0 Å². The fourth-order valence-electron chi connectivity index (χ4n) is 2.29. The molecule has 0 saturated carbocycles. The molecule has 1 aromatic rings. The van der Waals surface area contributed by atoms with E-state index in [1.54, 1.807) is 6.07 Å². The van der Waals surface area contributed by atoms with E-state index in [-0.39, 0.29) is 5.75 Å². The summed E-state index contributed by atoms with van der Waals surface area (Å²) in [6.07, 6.45) is 2.82. The van der Waals surface area contributed by atoms with Gasteiger partial charge in [0.05, 0.1) is 11.9 Å². The van der Waals surface area contributed by atoms with Crippen molar-refractivity contribution < 1.29 is 5.11 Å². The Morgan fingerprint density at radius 2 is 2.31 bits per heavy atom. The quantitative estimate of drug-likeness (QED) is 0.849. The van der Waals surface area contributed by atoms with Gasteiger partial charge in [0.25, 0.3) is 0 Å². The van der Waals surface area contributed by atoms with Crippen LogP contribution in [0, 0.1) is 11.8 Å². The lowest BCUT2D eigenvalue weighted by Gasteiger charge is -2.17. The number of hydrogen-bond donors (Lipinski definition) is 1. The Labute approximate surface area is 97.1 Å². The van der Waals surface area contributed by atoms with Crippen LogP contribution in [0.3, 0.4) is 0 Å². The summed E-state index contributed by atoms with van der Waals surface area (Å²) in [5.41, 5.74) is 1.04. The second-order valence-electron chi connectivity index (χ2n) is 5.04. The van der Waals surface area contributed by atoms with Crippen molar-refractivity contribution in [2.24, 2.45) is 11.8 Å². The molecule has 0 amide bonds. The van der Waals surface area contributed by atoms with E-state index >= 15 is 0 Å². The minimum absolute atomic E-state index is 0.241. The maximum atomic E-state index is 9.16. The van der Waals surface area contributed by atoms with Gasteiger partial charge in [0.2, 0.25) is 0 Å². The molecule has 1 atom stereocenters. The number of likely N-dealkylation sites (tertiary alicyclic amines) is 1. The molecule has 0 aliphatic carbocycles. The summed E-state index contributed by atoms with van der Waals surface area (Å²) in [5, 5.41) is 9.16. The molecule has 0 radical (unpaired) electrons. The van der Waals surface area contributed by atoms with Crippen molar-refractivity contribution in [2.75, 3.05) is 13.1 Å². The van der Waals surface area contributed by atoms with Crippen molar-refractivity contribution in [1.29, 1.82) is 0 Å². The highest BCUT2D eigenvalue weighted by atomic mass is 16.3. The molecule has 2 heterocycles. The second kappa shape index (κ2) is 4.83. The van der Waals surface area contributed by atoms with E-state index in [0.717, 1.165) is 24.1 Å². The van der Waals surface area contributed by atoms with Gasteiger partial charge in [0, 0.05) is 13.1 Å². The van der Waals surface area contributed by atoms with E-state index in [9.17, 15) is 0 Å². The third-order valence-corrected chi connectivity index (χ3v) is 3.45. The van der Waals surface area contributed by atoms with E-state index in [0.29, 0.717) is 0 Å². The molecular weight excluding hydrogens is 200 g/mol. The van der Waals surface area contributed by atoms with Crippen LogP contribution in [0.15, 0.2) is 18.3 Å². The van der Waals surface area contributed by atoms with Crippen LogP contribution in [0.5, 0.6) is 5.75 Å². The number of nitrogens with zero attached hydrogens (tertiary/aromatic N) is 2. The van der Waals surface area contributed by atoms with E-state index in [2.05, 4.69) is 23.7 Å². The molecule has 16 heavy (non-hydrogen) atoms. The monoisotopic (exact) mass is 220 g/mol. The maximum Gasteiger partial charge on any atom is 0.133 e. The number of aromatic nitrogens is 1. The standard InChI is InChI=1S/C13H20N2O/c1-10(2)11-5-6-15(8-11)9-12-3-4-13(16)7-14-12/h3-4,7,10-11,16H,5-6,8-9H2,1-2H3. The number of hydrogen-bond acceptors (Lipinski definition) is 3. The molecule has 0 bridgehead atoms. The zero-order chi connectivity index (χ0) is 11.5. The Hall–Kier alpha value is -1.09. The lowest BCUT2D eigenvalue weighted by Crippen LogP contribution is -2.21. The second-order valence-corrected chi connectivity index (χ2v) is 5.04. The first-order valence-corrected chi connectivity index (χ1v) is 6.01. The molecule has 88 valence electrons. The number of rotatable bonds is 3. The van der Waals surface area contributed by atoms with Crippen LogP contribution in [0.1, 0.15) is 26.0 Å². The first-order chi connectivity index (χ1) is 7.65. The lowest BCUT2D eigenvalue weighted by molar-refractivity contribution is 0.293. The van der Waals surface area contributed by atoms with Gasteiger partial charge in [-0.3, -0.25) is 9.88 Å². The fourth-order valence-corrected chi connectivity index (χ4v) is 2.29. The smallest absolute Gasteiger partial charge is 0.133 e. The van der Waals surface area contributed by atoms with E-state index in [1.807, 2.05) is 6.07 Å². The largest absolute Gasteiger partial charge is 0.506 e. The molecule has 3 nitrogen and oxygen atoms in total. The van der Waals surface area contributed by atoms with Crippen molar-refractivity contribution in [3.05, 3.63) is 24.0 Å². The van der Waals surface area contributed by atoms with Crippen molar-refractivity contribution in [1.82, 2.24) is 9.88 Å². The average Bonchev–Trinajstić information content (AvgIpc) is 2.70. The summed E-state index contributed by atoms with van der Waals surface area (Å²) in [4.78, 5) is 6.67. The molecule has 1 fully saturated rings. The third kappa shape index (κ3) is 2.73. The summed E-state index contributed by atoms with van der Waals surface area (Å²) in [6.45, 7) is 7.86. The molecule has 1 saturated heterocycles. The minimum atomic E-state index is 0.241. The van der Waals surface area contributed by atoms with Crippen molar-refractivity contribution in [3.63, 3.8) is 0 Å². The van der Waals surface area contributed by atoms with Crippen molar-refractivity contribution in [3.8, 4) is 5.75 Å². The number of aromatic hydroxyl groups is 1. The molecule has 1 aromatic heterocycles. The van der Waals surface area contributed by atoms with Crippen LogP contribution < -0.4 is 0 Å². The van der Waals surface area contributed by atoms with Crippen LogP contribution >= 0.6 is 0 Å². The zero-order valence-electron chi connectivity index (χ0n) is 10.1. The normalized spacial score (nSPS) is 21.8.